The molecule has 1 aromatic rings. The van der Waals surface area contributed by atoms with Crippen molar-refractivity contribution in [3.63, 3.8) is 0 Å². The van der Waals surface area contributed by atoms with Crippen LogP contribution in [0.25, 0.3) is 0 Å². The summed E-state index contributed by atoms with van der Waals surface area (Å²) in [6, 6.07) is 3.01. The second kappa shape index (κ2) is 6.45. The molecule has 2 heterocycles. The van der Waals surface area contributed by atoms with Gasteiger partial charge in [-0.25, -0.2) is 8.42 Å². The molecule has 1 fully saturated rings. The molecule has 1 aromatic carbocycles. The number of rotatable bonds is 4. The molecule has 7 nitrogen and oxygen atoms in total. The molecule has 3 rings (SSSR count). The number of nitrogens with one attached hydrogen (secondary N) is 2. The molecule has 2 aliphatic rings. The van der Waals surface area contributed by atoms with Gasteiger partial charge in [-0.2, -0.15) is 0 Å². The molecule has 0 aliphatic carbocycles. The molecule has 9 heteroatoms. The number of benzene rings is 1. The number of anilines is 1. The van der Waals surface area contributed by atoms with Crippen LogP contribution in [0, 0.1) is 0 Å². The molecule has 0 spiro atoms. The minimum atomic E-state index is -3.01. The van der Waals surface area contributed by atoms with Gasteiger partial charge >= 0.3 is 0 Å². The highest BCUT2D eigenvalue weighted by atomic mass is 35.5. The Hall–Kier alpha value is -1.67. The number of carbonyl (C=O) groups is 1. The van der Waals surface area contributed by atoms with Gasteiger partial charge < -0.3 is 20.1 Å². The fourth-order valence-corrected chi connectivity index (χ4v) is 4.46. The van der Waals surface area contributed by atoms with Crippen LogP contribution in [0.3, 0.4) is 0 Å². The molecule has 126 valence electrons. The Morgan fingerprint density at radius 2 is 1.96 bits per heavy atom. The average Bonchev–Trinajstić information content (AvgIpc) is 2.84. The summed E-state index contributed by atoms with van der Waals surface area (Å²) >= 11 is 6.14. The lowest BCUT2D eigenvalue weighted by Crippen LogP contribution is -2.39. The molecule has 1 atom stereocenters. The van der Waals surface area contributed by atoms with Crippen LogP contribution in [0.5, 0.6) is 11.5 Å². The number of fused-ring (bicyclic) bond motifs is 1. The number of carbonyl (C=O) groups excluding carboxylic acids is 1. The van der Waals surface area contributed by atoms with Gasteiger partial charge in [0, 0.05) is 18.2 Å². The summed E-state index contributed by atoms with van der Waals surface area (Å²) in [5.74, 6) is 0.999. The van der Waals surface area contributed by atoms with Crippen LogP contribution >= 0.6 is 11.6 Å². The molecule has 0 unspecified atom stereocenters. The summed E-state index contributed by atoms with van der Waals surface area (Å²) in [4.78, 5) is 11.9. The fourth-order valence-electron chi connectivity index (χ4n) is 2.56. The smallest absolute Gasteiger partial charge is 0.239 e. The van der Waals surface area contributed by atoms with E-state index < -0.39 is 9.84 Å². The molecule has 0 radical (unpaired) electrons. The van der Waals surface area contributed by atoms with Crippen molar-refractivity contribution in [3.8, 4) is 11.5 Å². The number of sulfone groups is 1. The second-order valence-electron chi connectivity index (χ2n) is 5.50. The van der Waals surface area contributed by atoms with Crippen LogP contribution in [0.2, 0.25) is 5.02 Å². The van der Waals surface area contributed by atoms with Crippen molar-refractivity contribution in [1.82, 2.24) is 5.32 Å². The lowest BCUT2D eigenvalue weighted by atomic mass is 10.2. The Morgan fingerprint density at radius 3 is 2.61 bits per heavy atom. The van der Waals surface area contributed by atoms with Gasteiger partial charge in [-0.3, -0.25) is 4.79 Å². The number of amides is 1. The summed E-state index contributed by atoms with van der Waals surface area (Å²) in [5.41, 5.74) is 0.560. The summed E-state index contributed by atoms with van der Waals surface area (Å²) in [6.45, 7) is 0.934. The first-order valence-electron chi connectivity index (χ1n) is 7.26. The minimum Gasteiger partial charge on any atom is -0.486 e. The normalized spacial score (nSPS) is 21.7. The lowest BCUT2D eigenvalue weighted by molar-refractivity contribution is -0.119. The van der Waals surface area contributed by atoms with Crippen LogP contribution in [0.15, 0.2) is 12.1 Å². The third-order valence-electron chi connectivity index (χ3n) is 3.67. The number of hydrogen-bond acceptors (Lipinski definition) is 6. The highest BCUT2D eigenvalue weighted by Crippen LogP contribution is 2.37. The van der Waals surface area contributed by atoms with Crippen LogP contribution in [-0.2, 0) is 14.6 Å². The minimum absolute atomic E-state index is 0.00349. The molecule has 23 heavy (non-hydrogen) atoms. The van der Waals surface area contributed by atoms with Crippen LogP contribution in [0.1, 0.15) is 6.42 Å². The van der Waals surface area contributed by atoms with Crippen molar-refractivity contribution in [2.75, 3.05) is 36.6 Å². The van der Waals surface area contributed by atoms with Crippen LogP contribution in [0.4, 0.5) is 5.69 Å². The number of ether oxygens (including phenoxy) is 2. The molecule has 0 aromatic heterocycles. The highest BCUT2D eigenvalue weighted by molar-refractivity contribution is 7.91. The SMILES string of the molecule is O=C(CNc1cc2c(cc1Cl)OCCO2)N[C@@H]1CCS(=O)(=O)C1. The van der Waals surface area contributed by atoms with Gasteiger partial charge in [0.1, 0.15) is 13.2 Å². The number of halogens is 1. The predicted octanol–water partition coefficient (Wildman–Crippen LogP) is 0.826. The van der Waals surface area contributed by atoms with E-state index in [1.165, 1.54) is 0 Å². The zero-order valence-corrected chi connectivity index (χ0v) is 13.9. The van der Waals surface area contributed by atoms with Gasteiger partial charge in [0.25, 0.3) is 0 Å². The maximum atomic E-state index is 11.9. The van der Waals surface area contributed by atoms with Crippen molar-refractivity contribution in [2.45, 2.75) is 12.5 Å². The lowest BCUT2D eigenvalue weighted by Gasteiger charge is -2.20. The molecular weight excluding hydrogens is 344 g/mol. The molecule has 0 saturated carbocycles. The topological polar surface area (TPSA) is 93.7 Å². The van der Waals surface area contributed by atoms with E-state index in [0.717, 1.165) is 0 Å². The molecule has 1 saturated heterocycles. The van der Waals surface area contributed by atoms with Crippen molar-refractivity contribution in [1.29, 1.82) is 0 Å². The van der Waals surface area contributed by atoms with Gasteiger partial charge in [0.2, 0.25) is 5.91 Å². The monoisotopic (exact) mass is 360 g/mol. The Balaban J connectivity index is 1.57. The van der Waals surface area contributed by atoms with E-state index in [-0.39, 0.29) is 30.0 Å². The van der Waals surface area contributed by atoms with Crippen molar-refractivity contribution >= 4 is 33.0 Å². The van der Waals surface area contributed by atoms with Crippen LogP contribution < -0.4 is 20.1 Å². The third-order valence-corrected chi connectivity index (χ3v) is 5.75. The van der Waals surface area contributed by atoms with Gasteiger partial charge in [-0.05, 0) is 6.42 Å². The Labute approximate surface area is 139 Å². The first kappa shape index (κ1) is 16.2. The number of hydrogen-bond donors (Lipinski definition) is 2. The van der Waals surface area contributed by atoms with Crippen molar-refractivity contribution < 1.29 is 22.7 Å². The standard InChI is InChI=1S/C14H17ClN2O5S/c15-10-5-12-13(22-3-2-21-12)6-11(10)16-7-14(18)17-9-1-4-23(19,20)8-9/h5-6,9,16H,1-4,7-8H2,(H,17,18)/t9-/m1/s1. The molecule has 1 amide bonds. The van der Waals surface area contributed by atoms with E-state index in [1.807, 2.05) is 0 Å². The molecule has 0 bridgehead atoms. The zero-order valence-electron chi connectivity index (χ0n) is 12.3. The van der Waals surface area contributed by atoms with E-state index in [0.29, 0.717) is 41.8 Å². The molecule has 2 aliphatic heterocycles. The van der Waals surface area contributed by atoms with Gasteiger partial charge in [-0.15, -0.1) is 0 Å². The Kier molecular flexibility index (Phi) is 4.54. The average molecular weight is 361 g/mol. The highest BCUT2D eigenvalue weighted by Gasteiger charge is 2.28. The maximum absolute atomic E-state index is 11.9. The van der Waals surface area contributed by atoms with Gasteiger partial charge in [-0.1, -0.05) is 11.6 Å². The van der Waals surface area contributed by atoms with Crippen molar-refractivity contribution in [2.24, 2.45) is 0 Å². The third kappa shape index (κ3) is 4.00. The largest absolute Gasteiger partial charge is 0.486 e. The predicted molar refractivity (Wildman–Crippen MR) is 86.1 cm³/mol. The quantitative estimate of drug-likeness (QED) is 0.826. The molecule has 2 N–H and O–H groups in total. The Bertz CT molecular complexity index is 722. The zero-order chi connectivity index (χ0) is 16.4. The van der Waals surface area contributed by atoms with Gasteiger partial charge in [0.15, 0.2) is 21.3 Å². The molecular formula is C14H17ClN2O5S. The van der Waals surface area contributed by atoms with E-state index >= 15 is 0 Å². The van der Waals surface area contributed by atoms with E-state index in [2.05, 4.69) is 10.6 Å². The summed E-state index contributed by atoms with van der Waals surface area (Å²) < 4.78 is 33.6. The van der Waals surface area contributed by atoms with Crippen molar-refractivity contribution in [3.05, 3.63) is 17.2 Å². The van der Waals surface area contributed by atoms with E-state index in [4.69, 9.17) is 21.1 Å². The van der Waals surface area contributed by atoms with E-state index in [1.54, 1.807) is 12.1 Å². The van der Waals surface area contributed by atoms with Crippen LogP contribution in [-0.4, -0.2) is 51.6 Å². The first-order chi connectivity index (χ1) is 10.9. The summed E-state index contributed by atoms with van der Waals surface area (Å²) in [6.07, 6.45) is 0.457. The summed E-state index contributed by atoms with van der Waals surface area (Å²) in [5, 5.41) is 6.06. The Morgan fingerprint density at radius 1 is 1.26 bits per heavy atom. The summed E-state index contributed by atoms with van der Waals surface area (Å²) in [7, 11) is -3.01. The first-order valence-corrected chi connectivity index (χ1v) is 9.46. The fraction of sp³-hybridized carbons (Fsp3) is 0.500. The van der Waals surface area contributed by atoms with E-state index in [9.17, 15) is 13.2 Å². The van der Waals surface area contributed by atoms with Gasteiger partial charge in [0.05, 0.1) is 28.8 Å². The maximum Gasteiger partial charge on any atom is 0.239 e. The second-order valence-corrected chi connectivity index (χ2v) is 8.13.